The summed E-state index contributed by atoms with van der Waals surface area (Å²) < 4.78 is 10.7. The van der Waals surface area contributed by atoms with Crippen LogP contribution >= 0.6 is 11.6 Å². The fraction of sp³-hybridized carbons (Fsp3) is 0.250. The Morgan fingerprint density at radius 2 is 2.05 bits per heavy atom. The molecule has 0 aliphatic carbocycles. The Morgan fingerprint density at radius 3 is 2.90 bits per heavy atom. The summed E-state index contributed by atoms with van der Waals surface area (Å²) in [5.41, 5.74) is 4.75. The SMILES string of the molecule is Cc1cccc(NCc2cc(Cl)c3c(c2)OCO3)c1C. The van der Waals surface area contributed by atoms with E-state index in [9.17, 15) is 0 Å². The molecule has 0 atom stereocenters. The number of benzene rings is 2. The standard InChI is InChI=1S/C16H16ClNO2/c1-10-4-3-5-14(11(10)2)18-8-12-6-13(17)16-15(7-12)19-9-20-16/h3-7,18H,8-9H2,1-2H3. The monoisotopic (exact) mass is 289 g/mol. The molecule has 0 bridgehead atoms. The highest BCUT2D eigenvalue weighted by Crippen LogP contribution is 2.39. The molecule has 20 heavy (non-hydrogen) atoms. The Kier molecular flexibility index (Phi) is 3.45. The molecule has 0 aromatic heterocycles. The molecule has 0 unspecified atom stereocenters. The molecule has 0 radical (unpaired) electrons. The maximum atomic E-state index is 6.18. The molecule has 3 rings (SSSR count). The van der Waals surface area contributed by atoms with Gasteiger partial charge in [-0.05, 0) is 48.7 Å². The number of hydrogen-bond donors (Lipinski definition) is 1. The van der Waals surface area contributed by atoms with Crippen molar-refractivity contribution in [2.24, 2.45) is 0 Å². The lowest BCUT2D eigenvalue weighted by Crippen LogP contribution is -2.02. The maximum Gasteiger partial charge on any atom is 0.231 e. The molecule has 4 heteroatoms. The predicted molar refractivity (Wildman–Crippen MR) is 80.8 cm³/mol. The molecular weight excluding hydrogens is 274 g/mol. The van der Waals surface area contributed by atoms with Crippen LogP contribution in [0.3, 0.4) is 0 Å². The van der Waals surface area contributed by atoms with Gasteiger partial charge in [0.05, 0.1) is 5.02 Å². The third-order valence-corrected chi connectivity index (χ3v) is 3.86. The van der Waals surface area contributed by atoms with E-state index in [1.165, 1.54) is 11.1 Å². The van der Waals surface area contributed by atoms with E-state index < -0.39 is 0 Å². The number of hydrogen-bond acceptors (Lipinski definition) is 3. The zero-order chi connectivity index (χ0) is 14.1. The second-order valence-electron chi connectivity index (χ2n) is 4.91. The van der Waals surface area contributed by atoms with Gasteiger partial charge in [-0.2, -0.15) is 0 Å². The number of aryl methyl sites for hydroxylation is 1. The highest BCUT2D eigenvalue weighted by Gasteiger charge is 2.18. The van der Waals surface area contributed by atoms with E-state index in [1.54, 1.807) is 0 Å². The lowest BCUT2D eigenvalue weighted by atomic mass is 10.1. The van der Waals surface area contributed by atoms with Crippen molar-refractivity contribution in [1.82, 2.24) is 0 Å². The van der Waals surface area contributed by atoms with Crippen LogP contribution in [0.1, 0.15) is 16.7 Å². The van der Waals surface area contributed by atoms with Crippen molar-refractivity contribution < 1.29 is 9.47 Å². The van der Waals surface area contributed by atoms with Gasteiger partial charge in [0.2, 0.25) is 6.79 Å². The number of anilines is 1. The van der Waals surface area contributed by atoms with Crippen LogP contribution in [-0.2, 0) is 6.54 Å². The van der Waals surface area contributed by atoms with Gasteiger partial charge in [0, 0.05) is 12.2 Å². The van der Waals surface area contributed by atoms with Crippen molar-refractivity contribution in [3.05, 3.63) is 52.0 Å². The number of fused-ring (bicyclic) bond motifs is 1. The van der Waals surface area contributed by atoms with Crippen LogP contribution in [0.2, 0.25) is 5.02 Å². The van der Waals surface area contributed by atoms with Crippen molar-refractivity contribution in [1.29, 1.82) is 0 Å². The molecule has 1 aliphatic heterocycles. The predicted octanol–water partition coefficient (Wildman–Crippen LogP) is 4.30. The summed E-state index contributed by atoms with van der Waals surface area (Å²) in [6.07, 6.45) is 0. The van der Waals surface area contributed by atoms with E-state index in [0.29, 0.717) is 17.3 Å². The average Bonchev–Trinajstić information content (AvgIpc) is 2.89. The number of ether oxygens (including phenoxy) is 2. The van der Waals surface area contributed by atoms with Crippen molar-refractivity contribution in [2.75, 3.05) is 12.1 Å². The minimum atomic E-state index is 0.239. The van der Waals surface area contributed by atoms with Gasteiger partial charge in [-0.25, -0.2) is 0 Å². The van der Waals surface area contributed by atoms with Gasteiger partial charge in [-0.1, -0.05) is 23.7 Å². The summed E-state index contributed by atoms with van der Waals surface area (Å²) in [5.74, 6) is 1.36. The van der Waals surface area contributed by atoms with Crippen LogP contribution in [0.25, 0.3) is 0 Å². The highest BCUT2D eigenvalue weighted by atomic mass is 35.5. The topological polar surface area (TPSA) is 30.5 Å². The van der Waals surface area contributed by atoms with Gasteiger partial charge in [0.25, 0.3) is 0 Å². The third kappa shape index (κ3) is 2.41. The summed E-state index contributed by atoms with van der Waals surface area (Å²) in [6.45, 7) is 5.16. The molecule has 1 heterocycles. The molecule has 0 spiro atoms. The summed E-state index contributed by atoms with van der Waals surface area (Å²) in [4.78, 5) is 0. The first-order valence-electron chi connectivity index (χ1n) is 6.53. The Bertz CT molecular complexity index is 655. The fourth-order valence-electron chi connectivity index (χ4n) is 2.26. The number of rotatable bonds is 3. The third-order valence-electron chi connectivity index (χ3n) is 3.57. The van der Waals surface area contributed by atoms with Crippen molar-refractivity contribution in [2.45, 2.75) is 20.4 Å². The van der Waals surface area contributed by atoms with Crippen molar-refractivity contribution in [3.8, 4) is 11.5 Å². The van der Waals surface area contributed by atoms with Gasteiger partial charge in [-0.15, -0.1) is 0 Å². The minimum Gasteiger partial charge on any atom is -0.454 e. The zero-order valence-electron chi connectivity index (χ0n) is 11.5. The largest absolute Gasteiger partial charge is 0.454 e. The second kappa shape index (κ2) is 5.25. The van der Waals surface area contributed by atoms with E-state index in [-0.39, 0.29) is 6.79 Å². The maximum absolute atomic E-state index is 6.18. The van der Waals surface area contributed by atoms with Crippen molar-refractivity contribution >= 4 is 17.3 Å². The van der Waals surface area contributed by atoms with Crippen LogP contribution in [0.15, 0.2) is 30.3 Å². The normalized spacial score (nSPS) is 12.6. The highest BCUT2D eigenvalue weighted by molar-refractivity contribution is 6.32. The van der Waals surface area contributed by atoms with Crippen molar-refractivity contribution in [3.63, 3.8) is 0 Å². The number of halogens is 1. The molecule has 0 fully saturated rings. The lowest BCUT2D eigenvalue weighted by Gasteiger charge is -2.12. The average molecular weight is 290 g/mol. The van der Waals surface area contributed by atoms with Gasteiger partial charge >= 0.3 is 0 Å². The van der Waals surface area contributed by atoms with E-state index in [2.05, 4.69) is 37.4 Å². The van der Waals surface area contributed by atoms with Gasteiger partial charge in [0.1, 0.15) is 0 Å². The molecule has 2 aromatic rings. The molecule has 1 aliphatic rings. The van der Waals surface area contributed by atoms with Gasteiger partial charge in [-0.3, -0.25) is 0 Å². The van der Waals surface area contributed by atoms with Crippen LogP contribution in [0.4, 0.5) is 5.69 Å². The molecule has 1 N–H and O–H groups in total. The first kappa shape index (κ1) is 13.1. The number of nitrogens with one attached hydrogen (secondary N) is 1. The molecule has 0 saturated heterocycles. The Labute approximate surface area is 123 Å². The van der Waals surface area contributed by atoms with E-state index in [4.69, 9.17) is 21.1 Å². The molecule has 0 amide bonds. The summed E-state index contributed by atoms with van der Waals surface area (Å²) >= 11 is 6.18. The molecule has 2 aromatic carbocycles. The van der Waals surface area contributed by atoms with Crippen LogP contribution in [0.5, 0.6) is 11.5 Å². The van der Waals surface area contributed by atoms with E-state index in [1.807, 2.05) is 12.1 Å². The van der Waals surface area contributed by atoms with Crippen LogP contribution < -0.4 is 14.8 Å². The minimum absolute atomic E-state index is 0.239. The Morgan fingerprint density at radius 1 is 1.20 bits per heavy atom. The summed E-state index contributed by atoms with van der Waals surface area (Å²) in [6, 6.07) is 10.1. The van der Waals surface area contributed by atoms with E-state index >= 15 is 0 Å². The van der Waals surface area contributed by atoms with Crippen LogP contribution in [0, 0.1) is 13.8 Å². The fourth-order valence-corrected chi connectivity index (χ4v) is 2.55. The molecule has 3 nitrogen and oxygen atoms in total. The Hall–Kier alpha value is -1.87. The van der Waals surface area contributed by atoms with Gasteiger partial charge < -0.3 is 14.8 Å². The smallest absolute Gasteiger partial charge is 0.231 e. The van der Waals surface area contributed by atoms with Crippen LogP contribution in [-0.4, -0.2) is 6.79 Å². The summed E-state index contributed by atoms with van der Waals surface area (Å²) in [7, 11) is 0. The second-order valence-corrected chi connectivity index (χ2v) is 5.32. The molecule has 104 valence electrons. The molecule has 0 saturated carbocycles. The lowest BCUT2D eigenvalue weighted by molar-refractivity contribution is 0.174. The first-order valence-corrected chi connectivity index (χ1v) is 6.91. The quantitative estimate of drug-likeness (QED) is 0.914. The Balaban J connectivity index is 1.79. The molecular formula is C16H16ClNO2. The first-order chi connectivity index (χ1) is 9.65. The van der Waals surface area contributed by atoms with E-state index in [0.717, 1.165) is 17.0 Å². The van der Waals surface area contributed by atoms with Gasteiger partial charge in [0.15, 0.2) is 11.5 Å². The zero-order valence-corrected chi connectivity index (χ0v) is 12.3. The summed E-state index contributed by atoms with van der Waals surface area (Å²) in [5, 5.41) is 4.03.